The van der Waals surface area contributed by atoms with Crippen LogP contribution in [0.4, 0.5) is 0 Å². The van der Waals surface area contributed by atoms with E-state index in [1.54, 1.807) is 0 Å². The Balaban J connectivity index is 2.60. The van der Waals surface area contributed by atoms with Gasteiger partial charge in [0.25, 0.3) is 0 Å². The Morgan fingerprint density at radius 3 is 2.38 bits per heavy atom. The van der Waals surface area contributed by atoms with Gasteiger partial charge in [-0.15, -0.1) is 0 Å². The molecule has 3 N–H and O–H groups in total. The predicted octanol–water partition coefficient (Wildman–Crippen LogP) is -1.90. The third kappa shape index (κ3) is 8.69. The molecule has 3 unspecified atom stereocenters. The van der Waals surface area contributed by atoms with Gasteiger partial charge in [-0.3, -0.25) is 4.79 Å². The molecule has 1 aliphatic heterocycles. The highest BCUT2D eigenvalue weighted by atomic mass is 16.6. The van der Waals surface area contributed by atoms with Crippen molar-refractivity contribution in [1.82, 2.24) is 0 Å². The van der Waals surface area contributed by atoms with Gasteiger partial charge in [-0.05, 0) is 0 Å². The van der Waals surface area contributed by atoms with Crippen LogP contribution in [-0.4, -0.2) is 112 Å². The Morgan fingerprint density at radius 2 is 1.73 bits per heavy atom. The molecule has 0 bridgehead atoms. The molecule has 0 saturated carbocycles. The second-order valence-corrected chi connectivity index (χ2v) is 5.54. The van der Waals surface area contributed by atoms with Crippen LogP contribution in [0.15, 0.2) is 0 Å². The molecular weight excluding hydrogens is 352 g/mol. The molecular formula is C16H30O10. The summed E-state index contributed by atoms with van der Waals surface area (Å²) in [5.74, 6) is -0.387. The van der Waals surface area contributed by atoms with Crippen molar-refractivity contribution in [2.75, 3.05) is 66.1 Å². The molecule has 0 amide bonds. The van der Waals surface area contributed by atoms with E-state index in [4.69, 9.17) is 43.7 Å². The van der Waals surface area contributed by atoms with Crippen LogP contribution in [0.1, 0.15) is 6.92 Å². The molecule has 1 fully saturated rings. The molecule has 0 aromatic heterocycles. The van der Waals surface area contributed by atoms with E-state index >= 15 is 0 Å². The van der Waals surface area contributed by atoms with Crippen LogP contribution in [0.5, 0.6) is 0 Å². The lowest BCUT2D eigenvalue weighted by Gasteiger charge is -2.29. The minimum atomic E-state index is -0.550. The van der Waals surface area contributed by atoms with Gasteiger partial charge < -0.3 is 43.7 Å². The Labute approximate surface area is 152 Å². The quantitative estimate of drug-likeness (QED) is 0.218. The number of esters is 1. The van der Waals surface area contributed by atoms with E-state index in [2.05, 4.69) is 0 Å². The average molecular weight is 382 g/mol. The van der Waals surface area contributed by atoms with Gasteiger partial charge in [-0.1, -0.05) is 0 Å². The highest BCUT2D eigenvalue weighted by Gasteiger charge is 2.43. The standard InChI is InChI=1S/C16H30O10/c1-12(20)22-9-8-21-10-13(23-5-2-17)16-15(25-7-4-19)14(11-26-16)24-6-3-18/h13-19H,2-11H2,1H3/t13?,14?,15-,16?/m0/s1. The molecule has 0 spiro atoms. The fraction of sp³-hybridized carbons (Fsp3) is 0.938. The third-order valence-electron chi connectivity index (χ3n) is 3.57. The lowest BCUT2D eigenvalue weighted by atomic mass is 10.1. The van der Waals surface area contributed by atoms with E-state index in [0.717, 1.165) is 0 Å². The number of aliphatic hydroxyl groups is 3. The van der Waals surface area contributed by atoms with Gasteiger partial charge in [0.15, 0.2) is 0 Å². The van der Waals surface area contributed by atoms with Crippen molar-refractivity contribution < 1.29 is 48.5 Å². The predicted molar refractivity (Wildman–Crippen MR) is 87.7 cm³/mol. The zero-order valence-electron chi connectivity index (χ0n) is 15.1. The van der Waals surface area contributed by atoms with Gasteiger partial charge in [-0.2, -0.15) is 0 Å². The Bertz CT molecular complexity index is 367. The summed E-state index contributed by atoms with van der Waals surface area (Å²) >= 11 is 0. The van der Waals surface area contributed by atoms with Crippen molar-refractivity contribution in [2.45, 2.75) is 31.3 Å². The van der Waals surface area contributed by atoms with Crippen LogP contribution in [0.2, 0.25) is 0 Å². The van der Waals surface area contributed by atoms with Crippen LogP contribution in [0.3, 0.4) is 0 Å². The van der Waals surface area contributed by atoms with Crippen molar-refractivity contribution in [1.29, 1.82) is 0 Å². The van der Waals surface area contributed by atoms with E-state index in [-0.39, 0.29) is 72.0 Å². The van der Waals surface area contributed by atoms with Crippen LogP contribution in [0.25, 0.3) is 0 Å². The minimum absolute atomic E-state index is 0.0900. The monoisotopic (exact) mass is 382 g/mol. The number of carbonyl (C=O) groups excluding carboxylic acids is 1. The van der Waals surface area contributed by atoms with Gasteiger partial charge in [0.1, 0.15) is 31.0 Å². The molecule has 1 aliphatic rings. The van der Waals surface area contributed by atoms with Crippen LogP contribution in [-0.2, 0) is 33.2 Å². The summed E-state index contributed by atoms with van der Waals surface area (Å²) in [5, 5.41) is 27.0. The molecule has 0 aliphatic carbocycles. The van der Waals surface area contributed by atoms with E-state index in [1.165, 1.54) is 6.92 Å². The van der Waals surface area contributed by atoms with Gasteiger partial charge >= 0.3 is 5.97 Å². The maximum absolute atomic E-state index is 10.7. The van der Waals surface area contributed by atoms with E-state index in [9.17, 15) is 4.79 Å². The fourth-order valence-corrected chi connectivity index (χ4v) is 2.55. The normalized spacial score (nSPS) is 23.9. The molecule has 26 heavy (non-hydrogen) atoms. The van der Waals surface area contributed by atoms with Gasteiger partial charge in [0.05, 0.1) is 59.5 Å². The van der Waals surface area contributed by atoms with Crippen molar-refractivity contribution in [2.24, 2.45) is 0 Å². The van der Waals surface area contributed by atoms with Crippen LogP contribution < -0.4 is 0 Å². The summed E-state index contributed by atoms with van der Waals surface area (Å²) in [7, 11) is 0. The highest BCUT2D eigenvalue weighted by molar-refractivity contribution is 5.65. The zero-order chi connectivity index (χ0) is 19.2. The number of carbonyl (C=O) groups is 1. The van der Waals surface area contributed by atoms with Crippen LogP contribution >= 0.6 is 0 Å². The molecule has 1 rings (SSSR count). The molecule has 0 aromatic carbocycles. The molecule has 10 nitrogen and oxygen atoms in total. The molecule has 154 valence electrons. The Kier molecular flexibility index (Phi) is 12.7. The fourth-order valence-electron chi connectivity index (χ4n) is 2.55. The molecule has 10 heteroatoms. The molecule has 1 heterocycles. The molecule has 4 atom stereocenters. The lowest BCUT2D eigenvalue weighted by molar-refractivity contribution is -0.147. The third-order valence-corrected chi connectivity index (χ3v) is 3.57. The summed E-state index contributed by atoms with van der Waals surface area (Å²) < 4.78 is 32.8. The summed E-state index contributed by atoms with van der Waals surface area (Å²) in [5.41, 5.74) is 0. The average Bonchev–Trinajstić information content (AvgIpc) is 3.02. The molecule has 0 radical (unpaired) electrons. The maximum atomic E-state index is 10.7. The summed E-state index contributed by atoms with van der Waals surface area (Å²) in [6.45, 7) is 1.90. The summed E-state index contributed by atoms with van der Waals surface area (Å²) in [6, 6.07) is 0. The zero-order valence-corrected chi connectivity index (χ0v) is 15.1. The van der Waals surface area contributed by atoms with Gasteiger partial charge in [-0.25, -0.2) is 0 Å². The first-order chi connectivity index (χ1) is 12.6. The van der Waals surface area contributed by atoms with Crippen molar-refractivity contribution in [3.8, 4) is 0 Å². The van der Waals surface area contributed by atoms with Crippen molar-refractivity contribution >= 4 is 5.97 Å². The maximum Gasteiger partial charge on any atom is 0.302 e. The molecule has 0 aromatic rings. The number of rotatable bonds is 15. The highest BCUT2D eigenvalue weighted by Crippen LogP contribution is 2.25. The first kappa shape index (κ1) is 23.2. The van der Waals surface area contributed by atoms with E-state index < -0.39 is 24.4 Å². The Morgan fingerprint density at radius 1 is 1.04 bits per heavy atom. The second kappa shape index (κ2) is 14.2. The van der Waals surface area contributed by atoms with Gasteiger partial charge in [0, 0.05) is 6.92 Å². The Hall–Kier alpha value is -0.850. The number of aliphatic hydroxyl groups excluding tert-OH is 3. The lowest BCUT2D eigenvalue weighted by Crippen LogP contribution is -2.45. The molecule has 1 saturated heterocycles. The van der Waals surface area contributed by atoms with Gasteiger partial charge in [0.2, 0.25) is 0 Å². The SMILES string of the molecule is CC(=O)OCCOCC(OCCO)C1OCC(OCCO)[C@@H]1OCCO. The number of hydrogen-bond donors (Lipinski definition) is 3. The summed E-state index contributed by atoms with van der Waals surface area (Å²) in [4.78, 5) is 10.7. The van der Waals surface area contributed by atoms with E-state index in [0.29, 0.717) is 0 Å². The first-order valence-corrected chi connectivity index (χ1v) is 8.64. The number of ether oxygens (including phenoxy) is 6. The van der Waals surface area contributed by atoms with E-state index in [1.807, 2.05) is 0 Å². The van der Waals surface area contributed by atoms with Crippen molar-refractivity contribution in [3.63, 3.8) is 0 Å². The topological polar surface area (TPSA) is 133 Å². The minimum Gasteiger partial charge on any atom is -0.463 e. The van der Waals surface area contributed by atoms with Crippen molar-refractivity contribution in [3.05, 3.63) is 0 Å². The number of hydrogen-bond acceptors (Lipinski definition) is 10. The smallest absolute Gasteiger partial charge is 0.302 e. The largest absolute Gasteiger partial charge is 0.463 e. The second-order valence-electron chi connectivity index (χ2n) is 5.54. The summed E-state index contributed by atoms with van der Waals surface area (Å²) in [6.07, 6.45) is -2.02. The first-order valence-electron chi connectivity index (χ1n) is 8.64. The van der Waals surface area contributed by atoms with Crippen LogP contribution in [0, 0.1) is 0 Å².